The van der Waals surface area contributed by atoms with Crippen LogP contribution < -0.4 is 5.56 Å². The molecule has 0 radical (unpaired) electrons. The highest BCUT2D eigenvalue weighted by molar-refractivity contribution is 5.77. The zero-order valence-electron chi connectivity index (χ0n) is 10.6. The van der Waals surface area contributed by atoms with E-state index in [0.29, 0.717) is 28.0 Å². The van der Waals surface area contributed by atoms with E-state index >= 15 is 0 Å². The predicted octanol–water partition coefficient (Wildman–Crippen LogP) is 2.45. The molecule has 0 amide bonds. The van der Waals surface area contributed by atoms with E-state index in [1.807, 2.05) is 0 Å². The standard InChI is InChI=1S/C14H12FN3O/c1-8-9(2)17-13-12(7-16-18(13)14(8)19)10-4-3-5-11(15)6-10/h3-7,16H,1-2H3. The van der Waals surface area contributed by atoms with Gasteiger partial charge in [0.15, 0.2) is 5.65 Å². The monoisotopic (exact) mass is 257 g/mol. The van der Waals surface area contributed by atoms with Gasteiger partial charge in [0.25, 0.3) is 5.56 Å². The van der Waals surface area contributed by atoms with Gasteiger partial charge in [0.05, 0.1) is 0 Å². The number of fused-ring (bicyclic) bond motifs is 1. The number of rotatable bonds is 1. The van der Waals surface area contributed by atoms with Gasteiger partial charge in [-0.1, -0.05) is 12.1 Å². The van der Waals surface area contributed by atoms with E-state index < -0.39 is 0 Å². The number of nitrogens with zero attached hydrogens (tertiary/aromatic N) is 2. The van der Waals surface area contributed by atoms with Gasteiger partial charge in [-0.25, -0.2) is 13.9 Å². The number of aryl methyl sites for hydroxylation is 1. The Labute approximate surface area is 108 Å². The Balaban J connectivity index is 2.35. The van der Waals surface area contributed by atoms with E-state index in [9.17, 15) is 9.18 Å². The first-order valence-corrected chi connectivity index (χ1v) is 5.91. The van der Waals surface area contributed by atoms with Crippen LogP contribution in [0.3, 0.4) is 0 Å². The maximum absolute atomic E-state index is 13.3. The summed E-state index contributed by atoms with van der Waals surface area (Å²) in [5.41, 5.74) is 3.06. The number of aromatic nitrogens is 3. The van der Waals surface area contributed by atoms with E-state index in [1.165, 1.54) is 16.6 Å². The Morgan fingerprint density at radius 1 is 1.32 bits per heavy atom. The molecule has 0 unspecified atom stereocenters. The molecule has 96 valence electrons. The van der Waals surface area contributed by atoms with Crippen molar-refractivity contribution in [3.63, 3.8) is 0 Å². The molecule has 0 aliphatic carbocycles. The van der Waals surface area contributed by atoms with Gasteiger partial charge >= 0.3 is 0 Å². The molecule has 5 heteroatoms. The van der Waals surface area contributed by atoms with E-state index in [4.69, 9.17) is 0 Å². The third kappa shape index (κ3) is 1.74. The lowest BCUT2D eigenvalue weighted by Gasteiger charge is -2.02. The fraction of sp³-hybridized carbons (Fsp3) is 0.143. The highest BCUT2D eigenvalue weighted by Gasteiger charge is 2.12. The van der Waals surface area contributed by atoms with E-state index in [2.05, 4.69) is 10.1 Å². The Bertz CT molecular complexity index is 832. The molecule has 0 spiro atoms. The first kappa shape index (κ1) is 11.6. The normalized spacial score (nSPS) is 11.1. The minimum Gasteiger partial charge on any atom is -0.296 e. The highest BCUT2D eigenvalue weighted by Crippen LogP contribution is 2.23. The van der Waals surface area contributed by atoms with Gasteiger partial charge in [-0.3, -0.25) is 9.89 Å². The van der Waals surface area contributed by atoms with Crippen molar-refractivity contribution in [3.8, 4) is 11.1 Å². The lowest BCUT2D eigenvalue weighted by atomic mass is 10.1. The zero-order valence-corrected chi connectivity index (χ0v) is 10.6. The number of nitrogens with one attached hydrogen (secondary N) is 1. The Morgan fingerprint density at radius 3 is 2.84 bits per heavy atom. The van der Waals surface area contributed by atoms with Crippen LogP contribution in [0.2, 0.25) is 0 Å². The van der Waals surface area contributed by atoms with Crippen LogP contribution in [-0.2, 0) is 0 Å². The lowest BCUT2D eigenvalue weighted by molar-refractivity contribution is 0.628. The quantitative estimate of drug-likeness (QED) is 0.728. The van der Waals surface area contributed by atoms with Crippen molar-refractivity contribution in [3.05, 3.63) is 57.9 Å². The van der Waals surface area contributed by atoms with Crippen molar-refractivity contribution in [1.29, 1.82) is 0 Å². The number of hydrogen-bond donors (Lipinski definition) is 1. The van der Waals surface area contributed by atoms with E-state index in [0.717, 1.165) is 0 Å². The Hall–Kier alpha value is -2.43. The van der Waals surface area contributed by atoms with Crippen LogP contribution in [0.4, 0.5) is 4.39 Å². The second-order valence-corrected chi connectivity index (χ2v) is 4.48. The summed E-state index contributed by atoms with van der Waals surface area (Å²) < 4.78 is 14.7. The van der Waals surface area contributed by atoms with Crippen molar-refractivity contribution in [2.45, 2.75) is 13.8 Å². The van der Waals surface area contributed by atoms with Crippen molar-refractivity contribution < 1.29 is 4.39 Å². The summed E-state index contributed by atoms with van der Waals surface area (Å²) in [5.74, 6) is -0.317. The molecule has 19 heavy (non-hydrogen) atoms. The van der Waals surface area contributed by atoms with E-state index in [1.54, 1.807) is 32.2 Å². The zero-order chi connectivity index (χ0) is 13.6. The summed E-state index contributed by atoms with van der Waals surface area (Å²) in [6.45, 7) is 3.53. The molecule has 2 heterocycles. The lowest BCUT2D eigenvalue weighted by Crippen LogP contribution is -2.19. The number of halogens is 1. The maximum Gasteiger partial charge on any atom is 0.275 e. The Kier molecular flexibility index (Phi) is 2.48. The number of aromatic amines is 1. The highest BCUT2D eigenvalue weighted by atomic mass is 19.1. The second-order valence-electron chi connectivity index (χ2n) is 4.48. The third-order valence-corrected chi connectivity index (χ3v) is 3.27. The van der Waals surface area contributed by atoms with Crippen LogP contribution in [0.5, 0.6) is 0 Å². The SMILES string of the molecule is Cc1nc2c(-c3cccc(F)c3)c[nH]n2c(=O)c1C. The first-order chi connectivity index (χ1) is 9.08. The summed E-state index contributed by atoms with van der Waals surface area (Å²) in [4.78, 5) is 16.5. The van der Waals surface area contributed by atoms with Crippen molar-refractivity contribution >= 4 is 5.65 Å². The maximum atomic E-state index is 13.3. The number of benzene rings is 1. The van der Waals surface area contributed by atoms with Crippen LogP contribution >= 0.6 is 0 Å². The molecular weight excluding hydrogens is 245 g/mol. The molecule has 2 aromatic heterocycles. The molecule has 0 saturated carbocycles. The van der Waals surface area contributed by atoms with Crippen LogP contribution in [0.25, 0.3) is 16.8 Å². The molecule has 0 saturated heterocycles. The topological polar surface area (TPSA) is 50.2 Å². The van der Waals surface area contributed by atoms with Crippen LogP contribution in [0.1, 0.15) is 11.3 Å². The second kappa shape index (κ2) is 4.05. The molecule has 0 bridgehead atoms. The fourth-order valence-electron chi connectivity index (χ4n) is 2.07. The summed E-state index contributed by atoms with van der Waals surface area (Å²) in [5, 5.41) is 2.86. The smallest absolute Gasteiger partial charge is 0.275 e. The van der Waals surface area contributed by atoms with Gasteiger partial charge in [0, 0.05) is 23.0 Å². The van der Waals surface area contributed by atoms with Gasteiger partial charge in [-0.05, 0) is 31.5 Å². The van der Waals surface area contributed by atoms with Crippen molar-refractivity contribution in [2.75, 3.05) is 0 Å². The minimum atomic E-state index is -0.317. The molecule has 0 aliphatic rings. The first-order valence-electron chi connectivity index (χ1n) is 5.91. The third-order valence-electron chi connectivity index (χ3n) is 3.27. The van der Waals surface area contributed by atoms with Gasteiger partial charge in [0.2, 0.25) is 0 Å². The fourth-order valence-corrected chi connectivity index (χ4v) is 2.07. The summed E-state index contributed by atoms with van der Waals surface area (Å²) in [6, 6.07) is 6.22. The number of hydrogen-bond acceptors (Lipinski definition) is 2. The van der Waals surface area contributed by atoms with Crippen LogP contribution in [0, 0.1) is 19.7 Å². The summed E-state index contributed by atoms with van der Waals surface area (Å²) in [7, 11) is 0. The largest absolute Gasteiger partial charge is 0.296 e. The minimum absolute atomic E-state index is 0.134. The molecular formula is C14H12FN3O. The van der Waals surface area contributed by atoms with Gasteiger partial charge in [-0.2, -0.15) is 0 Å². The van der Waals surface area contributed by atoms with Crippen LogP contribution in [-0.4, -0.2) is 14.6 Å². The predicted molar refractivity (Wildman–Crippen MR) is 70.7 cm³/mol. The summed E-state index contributed by atoms with van der Waals surface area (Å²) >= 11 is 0. The van der Waals surface area contributed by atoms with Gasteiger partial charge in [-0.15, -0.1) is 0 Å². The van der Waals surface area contributed by atoms with Crippen molar-refractivity contribution in [1.82, 2.24) is 14.6 Å². The molecule has 1 aromatic carbocycles. The molecule has 3 aromatic rings. The molecule has 0 fully saturated rings. The molecule has 1 N–H and O–H groups in total. The molecule has 0 aliphatic heterocycles. The molecule has 4 nitrogen and oxygen atoms in total. The summed E-state index contributed by atoms with van der Waals surface area (Å²) in [6.07, 6.45) is 1.66. The average Bonchev–Trinajstić information content (AvgIpc) is 2.80. The van der Waals surface area contributed by atoms with Crippen LogP contribution in [0.15, 0.2) is 35.3 Å². The Morgan fingerprint density at radius 2 is 2.11 bits per heavy atom. The van der Waals surface area contributed by atoms with Crippen molar-refractivity contribution in [2.24, 2.45) is 0 Å². The van der Waals surface area contributed by atoms with Gasteiger partial charge < -0.3 is 0 Å². The molecule has 0 atom stereocenters. The van der Waals surface area contributed by atoms with Gasteiger partial charge in [0.1, 0.15) is 5.82 Å². The van der Waals surface area contributed by atoms with E-state index in [-0.39, 0.29) is 11.4 Å². The number of H-pyrrole nitrogens is 1. The molecule has 3 rings (SSSR count). The average molecular weight is 257 g/mol.